The topological polar surface area (TPSA) is 111 Å². The van der Waals surface area contributed by atoms with Crippen LogP contribution in [0.1, 0.15) is 35.6 Å². The lowest BCUT2D eigenvalue weighted by atomic mass is 9.56. The van der Waals surface area contributed by atoms with Gasteiger partial charge in [-0.2, -0.15) is 18.2 Å². The first-order valence-electron chi connectivity index (χ1n) is 16.4. The number of alkyl halides is 5. The highest BCUT2D eigenvalue weighted by Crippen LogP contribution is 2.67. The molecular formula is C36H23Cl3F8N4O5. The molecule has 2 aromatic carbocycles. The highest BCUT2D eigenvalue weighted by molar-refractivity contribution is 6.58. The second kappa shape index (κ2) is 13.2. The fraction of sp³-hybridized carbons (Fsp3) is 0.306. The van der Waals surface area contributed by atoms with Gasteiger partial charge >= 0.3 is 6.18 Å². The molecule has 294 valence electrons. The Balaban J connectivity index is 1.41. The number of allylic oxidation sites excluding steroid dienone is 3. The van der Waals surface area contributed by atoms with Gasteiger partial charge in [0.1, 0.15) is 17.1 Å². The maximum atomic E-state index is 15.3. The number of hydrogen-bond acceptors (Lipinski definition) is 7. The summed E-state index contributed by atoms with van der Waals surface area (Å²) in [5.74, 6) is -25.3. The SMILES string of the molecule is C=CCc1cccc(C2C3=CCC4C(=O)N(N(C)c5nc(C(F)(F)F)ccc5Cl)C(=O)C4C3CC3(Cl)C(=O)N(c4c(F)c(F)c(F)c(F)c4F)C(=O)C23Cl)c1O. The number of fused-ring (bicyclic) bond motifs is 4. The smallest absolute Gasteiger partial charge is 0.433 e. The number of hydrazine groups is 1. The number of aromatic hydroxyl groups is 1. The zero-order chi connectivity index (χ0) is 41.1. The lowest BCUT2D eigenvalue weighted by Crippen LogP contribution is -2.60. The van der Waals surface area contributed by atoms with Gasteiger partial charge in [0.05, 0.1) is 16.9 Å². The molecule has 2 aliphatic carbocycles. The number of halogens is 11. The van der Waals surface area contributed by atoms with E-state index in [1.807, 2.05) is 0 Å². The van der Waals surface area contributed by atoms with Crippen LogP contribution in [0.25, 0.3) is 0 Å². The van der Waals surface area contributed by atoms with E-state index in [1.54, 1.807) is 0 Å². The van der Waals surface area contributed by atoms with E-state index in [0.717, 1.165) is 13.1 Å². The molecule has 9 nitrogen and oxygen atoms in total. The van der Waals surface area contributed by atoms with E-state index in [-0.39, 0.29) is 39.5 Å². The van der Waals surface area contributed by atoms with Gasteiger partial charge in [0.2, 0.25) is 5.82 Å². The van der Waals surface area contributed by atoms with Gasteiger partial charge in [0, 0.05) is 18.5 Å². The quantitative estimate of drug-likeness (QED) is 0.0684. The Morgan fingerprint density at radius 3 is 2.18 bits per heavy atom. The normalized spacial score (nSPS) is 27.3. The van der Waals surface area contributed by atoms with Gasteiger partial charge in [0.25, 0.3) is 23.6 Å². The molecule has 3 fully saturated rings. The lowest BCUT2D eigenvalue weighted by molar-refractivity contribution is -0.141. The highest BCUT2D eigenvalue weighted by atomic mass is 35.5. The van der Waals surface area contributed by atoms with Crippen molar-refractivity contribution in [3.8, 4) is 5.75 Å². The van der Waals surface area contributed by atoms with Crippen molar-refractivity contribution < 1.29 is 59.4 Å². The molecular weight excluding hydrogens is 827 g/mol. The van der Waals surface area contributed by atoms with E-state index in [2.05, 4.69) is 11.6 Å². The van der Waals surface area contributed by atoms with Crippen LogP contribution in [0.5, 0.6) is 5.75 Å². The fourth-order valence-corrected chi connectivity index (χ4v) is 9.42. The molecule has 2 aliphatic heterocycles. The van der Waals surface area contributed by atoms with Crippen LogP contribution in [0.3, 0.4) is 0 Å². The first kappa shape index (κ1) is 39.5. The summed E-state index contributed by atoms with van der Waals surface area (Å²) in [6.45, 7) is 3.62. The van der Waals surface area contributed by atoms with Gasteiger partial charge in [-0.1, -0.05) is 47.5 Å². The first-order chi connectivity index (χ1) is 26.1. The molecule has 7 rings (SSSR count). The van der Waals surface area contributed by atoms with Crippen LogP contribution >= 0.6 is 34.8 Å². The average Bonchev–Trinajstić information content (AvgIpc) is 3.48. The van der Waals surface area contributed by atoms with Crippen molar-refractivity contribution in [1.82, 2.24) is 9.99 Å². The van der Waals surface area contributed by atoms with Crippen molar-refractivity contribution in [3.63, 3.8) is 0 Å². The molecule has 1 N–H and O–H groups in total. The summed E-state index contributed by atoms with van der Waals surface area (Å²) >= 11 is 20.4. The zero-order valence-corrected chi connectivity index (χ0v) is 30.5. The van der Waals surface area contributed by atoms with Crippen molar-refractivity contribution in [1.29, 1.82) is 0 Å². The number of phenolic OH excluding ortho intramolecular Hbond substituents is 1. The molecule has 2 saturated heterocycles. The van der Waals surface area contributed by atoms with Crippen LogP contribution in [0, 0.1) is 46.8 Å². The van der Waals surface area contributed by atoms with Crippen LogP contribution in [0.4, 0.5) is 46.6 Å². The Bertz CT molecular complexity index is 2320. The fourth-order valence-electron chi connectivity index (χ4n) is 8.27. The molecule has 6 unspecified atom stereocenters. The molecule has 4 amide bonds. The summed E-state index contributed by atoms with van der Waals surface area (Å²) in [5, 5.41) is 12.4. The van der Waals surface area contributed by atoms with E-state index in [0.29, 0.717) is 16.1 Å². The number of imide groups is 2. The summed E-state index contributed by atoms with van der Waals surface area (Å²) in [7, 11) is 1.05. The zero-order valence-electron chi connectivity index (χ0n) is 28.2. The van der Waals surface area contributed by atoms with Gasteiger partial charge in [-0.05, 0) is 42.9 Å². The minimum Gasteiger partial charge on any atom is -0.507 e. The molecule has 1 saturated carbocycles. The van der Waals surface area contributed by atoms with Crippen molar-refractivity contribution in [2.45, 2.75) is 41.1 Å². The lowest BCUT2D eigenvalue weighted by Gasteiger charge is -2.50. The second-order valence-corrected chi connectivity index (χ2v) is 15.2. The molecule has 20 heteroatoms. The molecule has 1 aromatic heterocycles. The summed E-state index contributed by atoms with van der Waals surface area (Å²) in [5.41, 5.74) is -3.35. The van der Waals surface area contributed by atoms with Crippen molar-refractivity contribution in [3.05, 3.63) is 106 Å². The number of pyridine rings is 1. The van der Waals surface area contributed by atoms with Gasteiger partial charge in [-0.15, -0.1) is 29.8 Å². The number of amides is 4. The number of carbonyl (C=O) groups excluding carboxylic acids is 4. The van der Waals surface area contributed by atoms with Crippen molar-refractivity contribution in [2.24, 2.45) is 17.8 Å². The number of phenols is 1. The highest BCUT2D eigenvalue weighted by Gasteiger charge is 2.77. The third kappa shape index (κ3) is 5.22. The molecule has 56 heavy (non-hydrogen) atoms. The molecule has 0 spiro atoms. The Kier molecular flexibility index (Phi) is 9.28. The van der Waals surface area contributed by atoms with Gasteiger partial charge in [-0.3, -0.25) is 24.2 Å². The van der Waals surface area contributed by atoms with Crippen LogP contribution in [-0.4, -0.2) is 55.5 Å². The Hall–Kier alpha value is -4.74. The standard InChI is InChI=1S/C36H23Cl3F8N4O5/c1-3-5-13-6-4-7-16(28(13)52)21-14-8-9-15-20(31(54)51(30(15)53)49(2)29-18(37)10-11-19(48-29)36(45,46)47)17(14)12-34(38)32(55)50(33(56)35(21,34)39)27-25(43)23(41)22(40)24(42)26(27)44/h3-4,6-8,10-11,15,17,20-21,52H,1,5,9,12H2,2H3. The third-order valence-electron chi connectivity index (χ3n) is 10.7. The summed E-state index contributed by atoms with van der Waals surface area (Å²) in [4.78, 5) is 54.6. The van der Waals surface area contributed by atoms with Crippen molar-refractivity contribution in [2.75, 3.05) is 17.0 Å². The van der Waals surface area contributed by atoms with E-state index in [1.165, 1.54) is 30.4 Å². The maximum Gasteiger partial charge on any atom is 0.433 e. The van der Waals surface area contributed by atoms with Crippen LogP contribution in [0.15, 0.2) is 54.6 Å². The number of aromatic nitrogens is 1. The number of para-hydroxylation sites is 1. The molecule has 3 heterocycles. The van der Waals surface area contributed by atoms with E-state index in [4.69, 9.17) is 34.8 Å². The second-order valence-electron chi connectivity index (χ2n) is 13.6. The molecule has 3 aromatic rings. The number of hydrogen-bond donors (Lipinski definition) is 1. The number of nitrogens with zero attached hydrogens (tertiary/aromatic N) is 4. The van der Waals surface area contributed by atoms with Gasteiger partial charge in [-0.25, -0.2) is 31.8 Å². The van der Waals surface area contributed by atoms with E-state index >= 15 is 8.78 Å². The molecule has 0 radical (unpaired) electrons. The van der Waals surface area contributed by atoms with E-state index in [9.17, 15) is 50.6 Å². The first-order valence-corrected chi connectivity index (χ1v) is 17.5. The minimum absolute atomic E-state index is 0.0323. The Morgan fingerprint density at radius 1 is 0.946 bits per heavy atom. The number of benzene rings is 2. The summed E-state index contributed by atoms with van der Waals surface area (Å²) < 4.78 is 115. The number of rotatable bonds is 6. The average molecular weight is 850 g/mol. The van der Waals surface area contributed by atoms with Gasteiger partial charge in [0.15, 0.2) is 38.8 Å². The Labute approximate surface area is 325 Å². The Morgan fingerprint density at radius 2 is 1.57 bits per heavy atom. The maximum absolute atomic E-state index is 15.3. The minimum atomic E-state index is -4.95. The van der Waals surface area contributed by atoms with Crippen LogP contribution < -0.4 is 9.91 Å². The monoisotopic (exact) mass is 848 g/mol. The predicted octanol–water partition coefficient (Wildman–Crippen LogP) is 7.50. The molecule has 0 bridgehead atoms. The molecule has 4 aliphatic rings. The number of anilines is 2. The summed E-state index contributed by atoms with van der Waals surface area (Å²) in [6, 6.07) is 5.58. The largest absolute Gasteiger partial charge is 0.507 e. The van der Waals surface area contributed by atoms with Crippen molar-refractivity contribution >= 4 is 69.9 Å². The van der Waals surface area contributed by atoms with E-state index < -0.39 is 122 Å². The van der Waals surface area contributed by atoms with Crippen LogP contribution in [-0.2, 0) is 31.8 Å². The van der Waals surface area contributed by atoms with Crippen LogP contribution in [0.2, 0.25) is 5.02 Å². The van der Waals surface area contributed by atoms with Gasteiger partial charge < -0.3 is 5.11 Å². The third-order valence-corrected chi connectivity index (χ3v) is 12.5. The summed E-state index contributed by atoms with van der Waals surface area (Å²) in [6.07, 6.45) is -3.26. The molecule has 6 atom stereocenters. The predicted molar refractivity (Wildman–Crippen MR) is 183 cm³/mol. The number of carbonyl (C=O) groups is 4.